The van der Waals surface area contributed by atoms with Gasteiger partial charge in [0.05, 0.1) is 10.4 Å². The number of rotatable bonds is 2. The van der Waals surface area contributed by atoms with E-state index in [9.17, 15) is 10.1 Å². The minimum atomic E-state index is -0.366. The van der Waals surface area contributed by atoms with Crippen LogP contribution < -0.4 is 4.90 Å². The van der Waals surface area contributed by atoms with E-state index in [1.165, 1.54) is 25.3 Å². The quantitative estimate of drug-likeness (QED) is 0.630. The molecule has 2 bridgehead atoms. The maximum absolute atomic E-state index is 10.9. The van der Waals surface area contributed by atoms with E-state index >= 15 is 0 Å². The summed E-state index contributed by atoms with van der Waals surface area (Å²) < 4.78 is 0. The molecule has 3 heterocycles. The second-order valence-electron chi connectivity index (χ2n) is 6.59. The van der Waals surface area contributed by atoms with E-state index in [0.29, 0.717) is 12.1 Å². The molecule has 2 atom stereocenters. The van der Waals surface area contributed by atoms with Crippen molar-refractivity contribution in [1.29, 1.82) is 0 Å². The Morgan fingerprint density at radius 3 is 2.83 bits per heavy atom. The lowest BCUT2D eigenvalue weighted by Crippen LogP contribution is -2.36. The first kappa shape index (κ1) is 14.4. The summed E-state index contributed by atoms with van der Waals surface area (Å²) in [5.41, 5.74) is 0.927. The Kier molecular flexibility index (Phi) is 3.41. The predicted molar refractivity (Wildman–Crippen MR) is 89.8 cm³/mol. The fourth-order valence-corrected chi connectivity index (χ4v) is 3.91. The van der Waals surface area contributed by atoms with Crippen LogP contribution >= 0.6 is 0 Å². The highest BCUT2D eigenvalue weighted by Crippen LogP contribution is 2.31. The zero-order valence-electron chi connectivity index (χ0n) is 13.2. The minimum absolute atomic E-state index is 0.112. The number of nitro groups is 1. The number of likely N-dealkylation sites (N-methyl/N-ethyl adjacent to an activating group) is 1. The second-order valence-corrected chi connectivity index (χ2v) is 6.59. The Morgan fingerprint density at radius 2 is 2.00 bits per heavy atom. The molecule has 6 heteroatoms. The second kappa shape index (κ2) is 5.45. The number of aromatic nitrogens is 1. The van der Waals surface area contributed by atoms with Gasteiger partial charge in [0, 0.05) is 42.7 Å². The minimum Gasteiger partial charge on any atom is -0.355 e. The molecule has 2 aliphatic rings. The Bertz CT molecular complexity index is 763. The van der Waals surface area contributed by atoms with Crippen molar-refractivity contribution < 1.29 is 4.92 Å². The molecule has 2 saturated heterocycles. The number of benzene rings is 1. The molecule has 0 aliphatic carbocycles. The van der Waals surface area contributed by atoms with Crippen LogP contribution in [0.1, 0.15) is 19.3 Å². The van der Waals surface area contributed by atoms with Crippen molar-refractivity contribution in [3.05, 3.63) is 40.4 Å². The maximum Gasteiger partial charge on any atom is 0.270 e. The van der Waals surface area contributed by atoms with Crippen molar-refractivity contribution in [2.75, 3.05) is 25.0 Å². The van der Waals surface area contributed by atoms with E-state index in [0.717, 1.165) is 29.8 Å². The van der Waals surface area contributed by atoms with E-state index in [4.69, 9.17) is 4.98 Å². The molecule has 4 rings (SSSR count). The largest absolute Gasteiger partial charge is 0.355 e. The standard InChI is InChI=1S/C17H20N4O2/c1-19-13-3-4-15(19)11-20(9-8-13)17-7-2-12-10-14(21(22)23)5-6-16(12)18-17/h2,5-7,10,13,15H,3-4,8-9,11H2,1H3/t13-,15+/m0/s1/i1-1. The summed E-state index contributed by atoms with van der Waals surface area (Å²) in [4.78, 5) is 20.1. The summed E-state index contributed by atoms with van der Waals surface area (Å²) in [5.74, 6) is 0.979. The summed E-state index contributed by atoms with van der Waals surface area (Å²) in [6, 6.07) is 10.1. The van der Waals surface area contributed by atoms with Crippen molar-refractivity contribution in [2.24, 2.45) is 0 Å². The molecule has 1 aromatic carbocycles. The van der Waals surface area contributed by atoms with Crippen molar-refractivity contribution in [3.63, 3.8) is 0 Å². The smallest absolute Gasteiger partial charge is 0.270 e. The van der Waals surface area contributed by atoms with Crippen molar-refractivity contribution in [3.8, 4) is 0 Å². The molecular weight excluding hydrogens is 291 g/mol. The first-order valence-corrected chi connectivity index (χ1v) is 8.14. The van der Waals surface area contributed by atoms with E-state index in [2.05, 4.69) is 16.8 Å². The fourth-order valence-electron chi connectivity index (χ4n) is 3.91. The van der Waals surface area contributed by atoms with Gasteiger partial charge in [-0.3, -0.25) is 15.0 Å². The van der Waals surface area contributed by atoms with Crippen molar-refractivity contribution in [1.82, 2.24) is 9.88 Å². The summed E-state index contributed by atoms with van der Waals surface area (Å²) in [5, 5.41) is 11.7. The highest BCUT2D eigenvalue weighted by molar-refractivity contribution is 5.82. The van der Waals surface area contributed by atoms with Crippen LogP contribution in [-0.2, 0) is 0 Å². The molecule has 0 unspecified atom stereocenters. The lowest BCUT2D eigenvalue weighted by Gasteiger charge is -2.26. The Balaban J connectivity index is 1.64. The van der Waals surface area contributed by atoms with Crippen LogP contribution in [0.15, 0.2) is 30.3 Å². The molecule has 2 fully saturated rings. The third-order valence-electron chi connectivity index (χ3n) is 5.34. The summed E-state index contributed by atoms with van der Waals surface area (Å²) in [7, 11) is 2.23. The summed E-state index contributed by atoms with van der Waals surface area (Å²) in [6.45, 7) is 2.04. The van der Waals surface area contributed by atoms with E-state index in [-0.39, 0.29) is 10.6 Å². The predicted octanol–water partition coefficient (Wildman–Crippen LogP) is 2.82. The molecule has 120 valence electrons. The first-order chi connectivity index (χ1) is 11.1. The Morgan fingerprint density at radius 1 is 1.17 bits per heavy atom. The third kappa shape index (κ3) is 2.53. The van der Waals surface area contributed by atoms with Crippen LogP contribution in [0, 0.1) is 10.1 Å². The molecule has 0 radical (unpaired) electrons. The van der Waals surface area contributed by atoms with Gasteiger partial charge in [-0.05, 0) is 44.5 Å². The van der Waals surface area contributed by atoms with Gasteiger partial charge in [0.1, 0.15) is 5.82 Å². The summed E-state index contributed by atoms with van der Waals surface area (Å²) in [6.07, 6.45) is 3.74. The van der Waals surface area contributed by atoms with E-state index in [1.807, 2.05) is 12.1 Å². The average Bonchev–Trinajstić information content (AvgIpc) is 2.79. The van der Waals surface area contributed by atoms with Gasteiger partial charge in [-0.15, -0.1) is 0 Å². The zero-order chi connectivity index (χ0) is 16.0. The molecule has 0 N–H and O–H groups in total. The van der Waals surface area contributed by atoms with Crippen LogP contribution in [0.4, 0.5) is 11.5 Å². The molecule has 0 amide bonds. The molecule has 0 saturated carbocycles. The van der Waals surface area contributed by atoms with Crippen molar-refractivity contribution >= 4 is 22.4 Å². The maximum atomic E-state index is 10.9. The van der Waals surface area contributed by atoms with Gasteiger partial charge < -0.3 is 4.90 Å². The third-order valence-corrected chi connectivity index (χ3v) is 5.34. The fraction of sp³-hybridized carbons (Fsp3) is 0.471. The van der Waals surface area contributed by atoms with Crippen LogP contribution in [0.5, 0.6) is 0 Å². The van der Waals surface area contributed by atoms with Crippen LogP contribution in [0.2, 0.25) is 0 Å². The molecule has 6 nitrogen and oxygen atoms in total. The topological polar surface area (TPSA) is 62.5 Å². The molecule has 1 aromatic heterocycles. The summed E-state index contributed by atoms with van der Waals surface area (Å²) >= 11 is 0. The number of nitrogens with zero attached hydrogens (tertiary/aromatic N) is 4. The van der Waals surface area contributed by atoms with Crippen LogP contribution in [0.25, 0.3) is 10.9 Å². The molecule has 0 spiro atoms. The van der Waals surface area contributed by atoms with Crippen LogP contribution in [0.3, 0.4) is 0 Å². The normalized spacial score (nSPS) is 24.8. The van der Waals surface area contributed by atoms with E-state index < -0.39 is 0 Å². The first-order valence-electron chi connectivity index (χ1n) is 8.14. The monoisotopic (exact) mass is 311 g/mol. The van der Waals surface area contributed by atoms with Crippen LogP contribution in [-0.4, -0.2) is 47.0 Å². The van der Waals surface area contributed by atoms with Gasteiger partial charge in [0.15, 0.2) is 0 Å². The van der Waals surface area contributed by atoms with Gasteiger partial charge in [-0.1, -0.05) is 0 Å². The van der Waals surface area contributed by atoms with Crippen molar-refractivity contribution in [2.45, 2.75) is 31.3 Å². The lowest BCUT2D eigenvalue weighted by atomic mass is 10.1. The molecular formula is C17H20N4O2. The van der Waals surface area contributed by atoms with Gasteiger partial charge in [-0.2, -0.15) is 0 Å². The Labute approximate surface area is 134 Å². The number of anilines is 1. The van der Waals surface area contributed by atoms with Gasteiger partial charge in [0.25, 0.3) is 5.69 Å². The number of hydrogen-bond acceptors (Lipinski definition) is 5. The van der Waals surface area contributed by atoms with E-state index in [1.54, 1.807) is 12.1 Å². The average molecular weight is 311 g/mol. The molecule has 2 aromatic rings. The zero-order valence-corrected chi connectivity index (χ0v) is 13.2. The number of non-ortho nitro benzene ring substituents is 1. The highest BCUT2D eigenvalue weighted by atomic mass is 16.6. The van der Waals surface area contributed by atoms with Gasteiger partial charge in [-0.25, -0.2) is 4.98 Å². The number of nitro benzene ring substituents is 1. The highest BCUT2D eigenvalue weighted by Gasteiger charge is 2.34. The number of hydrogen-bond donors (Lipinski definition) is 0. The molecule has 23 heavy (non-hydrogen) atoms. The van der Waals surface area contributed by atoms with Gasteiger partial charge >= 0.3 is 0 Å². The Hall–Kier alpha value is -2.21. The lowest BCUT2D eigenvalue weighted by molar-refractivity contribution is -0.384. The number of fused-ring (bicyclic) bond motifs is 3. The SMILES string of the molecule is [11CH3]N1[C@H]2CC[C@@H]1CN(c1ccc3cc([N+](=O)[O-])ccc3n1)CC2. The number of pyridine rings is 1. The molecule has 2 aliphatic heterocycles. The van der Waals surface area contributed by atoms with Gasteiger partial charge in [0.2, 0.25) is 0 Å².